The number of benzene rings is 1. The van der Waals surface area contributed by atoms with E-state index in [-0.39, 0.29) is 5.69 Å². The van der Waals surface area contributed by atoms with Gasteiger partial charge in [0.05, 0.1) is 16.6 Å². The average Bonchev–Trinajstić information content (AvgIpc) is 2.44. The van der Waals surface area contributed by atoms with E-state index in [0.29, 0.717) is 17.4 Å². The van der Waals surface area contributed by atoms with E-state index in [2.05, 4.69) is 15.3 Å². The van der Waals surface area contributed by atoms with E-state index in [4.69, 9.17) is 4.74 Å². The van der Waals surface area contributed by atoms with Crippen molar-refractivity contribution in [1.29, 1.82) is 0 Å². The summed E-state index contributed by atoms with van der Waals surface area (Å²) >= 11 is 0. The van der Waals surface area contributed by atoms with Gasteiger partial charge in [-0.25, -0.2) is 9.97 Å². The number of non-ortho nitro benzene ring substituents is 1. The zero-order valence-corrected chi connectivity index (χ0v) is 11.2. The number of nitro groups is 1. The number of hydrogen-bond acceptors (Lipinski definition) is 6. The van der Waals surface area contributed by atoms with Crippen molar-refractivity contribution >= 4 is 11.5 Å². The highest BCUT2D eigenvalue weighted by atomic mass is 16.6. The second kappa shape index (κ2) is 5.96. The average molecular weight is 274 g/mol. The SMILES string of the molecule is CCNc1ncnc(Oc2cccc([N+](=O)[O-])c2)c1C. The van der Waals surface area contributed by atoms with Crippen LogP contribution in [-0.4, -0.2) is 21.4 Å². The highest BCUT2D eigenvalue weighted by molar-refractivity contribution is 5.49. The van der Waals surface area contributed by atoms with Crippen molar-refractivity contribution in [3.05, 3.63) is 46.3 Å². The molecule has 0 saturated heterocycles. The number of hydrogen-bond donors (Lipinski definition) is 1. The molecule has 0 aliphatic heterocycles. The summed E-state index contributed by atoms with van der Waals surface area (Å²) in [5, 5.41) is 13.8. The molecule has 0 spiro atoms. The van der Waals surface area contributed by atoms with Gasteiger partial charge in [0.15, 0.2) is 0 Å². The third kappa shape index (κ3) is 3.00. The summed E-state index contributed by atoms with van der Waals surface area (Å²) in [6.45, 7) is 4.52. The monoisotopic (exact) mass is 274 g/mol. The Kier molecular flexibility index (Phi) is 4.09. The molecule has 104 valence electrons. The van der Waals surface area contributed by atoms with Gasteiger partial charge in [-0.2, -0.15) is 0 Å². The Bertz CT molecular complexity index is 631. The van der Waals surface area contributed by atoms with Crippen LogP contribution in [0.2, 0.25) is 0 Å². The van der Waals surface area contributed by atoms with Crippen molar-refractivity contribution in [1.82, 2.24) is 9.97 Å². The number of aromatic nitrogens is 2. The van der Waals surface area contributed by atoms with Crippen LogP contribution >= 0.6 is 0 Å². The fourth-order valence-electron chi connectivity index (χ4n) is 1.65. The molecule has 1 aromatic carbocycles. The molecule has 0 amide bonds. The Balaban J connectivity index is 2.28. The predicted molar refractivity (Wildman–Crippen MR) is 74.1 cm³/mol. The summed E-state index contributed by atoms with van der Waals surface area (Å²) in [4.78, 5) is 18.4. The van der Waals surface area contributed by atoms with Gasteiger partial charge in [-0.3, -0.25) is 10.1 Å². The van der Waals surface area contributed by atoms with Crippen LogP contribution in [0.25, 0.3) is 0 Å². The smallest absolute Gasteiger partial charge is 0.273 e. The van der Waals surface area contributed by atoms with E-state index >= 15 is 0 Å². The van der Waals surface area contributed by atoms with Crippen molar-refractivity contribution in [2.24, 2.45) is 0 Å². The van der Waals surface area contributed by atoms with E-state index in [1.54, 1.807) is 12.1 Å². The van der Waals surface area contributed by atoms with Gasteiger partial charge in [-0.1, -0.05) is 6.07 Å². The first-order valence-electron chi connectivity index (χ1n) is 6.09. The summed E-state index contributed by atoms with van der Waals surface area (Å²) in [5.74, 6) is 1.42. The zero-order valence-electron chi connectivity index (χ0n) is 11.2. The minimum atomic E-state index is -0.468. The van der Waals surface area contributed by atoms with Crippen molar-refractivity contribution in [2.45, 2.75) is 13.8 Å². The molecule has 0 bridgehead atoms. The van der Waals surface area contributed by atoms with Gasteiger partial charge in [0.1, 0.15) is 17.9 Å². The largest absolute Gasteiger partial charge is 0.438 e. The lowest BCUT2D eigenvalue weighted by Gasteiger charge is -2.10. The normalized spacial score (nSPS) is 10.1. The molecule has 1 aromatic heterocycles. The highest BCUT2D eigenvalue weighted by Crippen LogP contribution is 2.28. The second-order valence-corrected chi connectivity index (χ2v) is 4.04. The van der Waals surface area contributed by atoms with E-state index < -0.39 is 4.92 Å². The van der Waals surface area contributed by atoms with Crippen LogP contribution in [0.1, 0.15) is 12.5 Å². The van der Waals surface area contributed by atoms with Crippen molar-refractivity contribution < 1.29 is 9.66 Å². The molecule has 0 unspecified atom stereocenters. The molecule has 0 radical (unpaired) electrons. The van der Waals surface area contributed by atoms with Crippen molar-refractivity contribution in [2.75, 3.05) is 11.9 Å². The van der Waals surface area contributed by atoms with Crippen LogP contribution in [0, 0.1) is 17.0 Å². The number of anilines is 1. The summed E-state index contributed by atoms with van der Waals surface area (Å²) in [6, 6.07) is 5.97. The molecule has 1 N–H and O–H groups in total. The van der Waals surface area contributed by atoms with Crippen molar-refractivity contribution in [3.8, 4) is 11.6 Å². The highest BCUT2D eigenvalue weighted by Gasteiger charge is 2.11. The Labute approximate surface area is 115 Å². The lowest BCUT2D eigenvalue weighted by Crippen LogP contribution is -2.03. The number of nitrogens with zero attached hydrogens (tertiary/aromatic N) is 3. The number of rotatable bonds is 5. The lowest BCUT2D eigenvalue weighted by molar-refractivity contribution is -0.384. The molecule has 1 heterocycles. The summed E-state index contributed by atoms with van der Waals surface area (Å²) < 4.78 is 5.59. The third-order valence-electron chi connectivity index (χ3n) is 2.63. The first-order chi connectivity index (χ1) is 9.61. The van der Waals surface area contributed by atoms with Crippen LogP contribution in [0.15, 0.2) is 30.6 Å². The van der Waals surface area contributed by atoms with Gasteiger partial charge in [0, 0.05) is 12.6 Å². The molecule has 0 saturated carbocycles. The second-order valence-electron chi connectivity index (χ2n) is 4.04. The molecule has 0 aliphatic rings. The Hall–Kier alpha value is -2.70. The van der Waals surface area contributed by atoms with Gasteiger partial charge in [-0.05, 0) is 19.9 Å². The summed E-state index contributed by atoms with van der Waals surface area (Å²) in [7, 11) is 0. The van der Waals surface area contributed by atoms with Gasteiger partial charge in [0.25, 0.3) is 5.69 Å². The molecule has 2 aromatic rings. The topological polar surface area (TPSA) is 90.2 Å². The minimum absolute atomic E-state index is 0.0267. The number of nitrogens with one attached hydrogen (secondary N) is 1. The maximum Gasteiger partial charge on any atom is 0.273 e. The molecular formula is C13H14N4O3. The van der Waals surface area contributed by atoms with Gasteiger partial charge in [0.2, 0.25) is 5.88 Å². The van der Waals surface area contributed by atoms with Crippen molar-refractivity contribution in [3.63, 3.8) is 0 Å². The summed E-state index contributed by atoms with van der Waals surface area (Å²) in [5.41, 5.74) is 0.724. The first-order valence-corrected chi connectivity index (χ1v) is 6.09. The van der Waals surface area contributed by atoms with Gasteiger partial charge >= 0.3 is 0 Å². The van der Waals surface area contributed by atoms with Crippen LogP contribution < -0.4 is 10.1 Å². The quantitative estimate of drug-likeness (QED) is 0.666. The molecule has 0 aliphatic carbocycles. The van der Waals surface area contributed by atoms with Crippen LogP contribution in [0.5, 0.6) is 11.6 Å². The molecule has 0 atom stereocenters. The Morgan fingerprint density at radius 3 is 2.90 bits per heavy atom. The number of ether oxygens (including phenoxy) is 1. The Morgan fingerprint density at radius 2 is 2.20 bits per heavy atom. The van der Waals surface area contributed by atoms with Crippen LogP contribution in [0.4, 0.5) is 11.5 Å². The molecule has 0 fully saturated rings. The zero-order chi connectivity index (χ0) is 14.5. The van der Waals surface area contributed by atoms with Gasteiger partial charge in [-0.15, -0.1) is 0 Å². The number of nitro benzene ring substituents is 1. The van der Waals surface area contributed by atoms with E-state index in [9.17, 15) is 10.1 Å². The predicted octanol–water partition coefficient (Wildman–Crippen LogP) is 2.92. The maximum atomic E-state index is 10.7. The van der Waals surface area contributed by atoms with E-state index in [1.807, 2.05) is 13.8 Å². The molecular weight excluding hydrogens is 260 g/mol. The van der Waals surface area contributed by atoms with Crippen LogP contribution in [0.3, 0.4) is 0 Å². The fraction of sp³-hybridized carbons (Fsp3) is 0.231. The molecule has 20 heavy (non-hydrogen) atoms. The first kappa shape index (κ1) is 13.7. The summed E-state index contributed by atoms with van der Waals surface area (Å²) in [6.07, 6.45) is 1.39. The molecule has 7 nitrogen and oxygen atoms in total. The molecule has 2 rings (SSSR count). The minimum Gasteiger partial charge on any atom is -0.438 e. The fourth-order valence-corrected chi connectivity index (χ4v) is 1.65. The standard InChI is InChI=1S/C13H14N4O3/c1-3-14-12-9(2)13(16-8-15-12)20-11-6-4-5-10(7-11)17(18)19/h4-8H,3H2,1-2H3,(H,14,15,16). The maximum absolute atomic E-state index is 10.7. The lowest BCUT2D eigenvalue weighted by atomic mass is 10.3. The van der Waals surface area contributed by atoms with Gasteiger partial charge < -0.3 is 10.1 Å². The molecule has 7 heteroatoms. The van der Waals surface area contributed by atoms with Crippen LogP contribution in [-0.2, 0) is 0 Å². The van der Waals surface area contributed by atoms with E-state index in [0.717, 1.165) is 12.1 Å². The Morgan fingerprint density at radius 1 is 1.40 bits per heavy atom. The third-order valence-corrected chi connectivity index (χ3v) is 2.63. The van der Waals surface area contributed by atoms with E-state index in [1.165, 1.54) is 18.5 Å².